The van der Waals surface area contributed by atoms with Crippen LogP contribution in [0.15, 0.2) is 53.4 Å². The van der Waals surface area contributed by atoms with Gasteiger partial charge in [-0.05, 0) is 43.2 Å². The molecular weight excluding hydrogens is 503 g/mol. The Balaban J connectivity index is 1.36. The normalized spacial score (nSPS) is 25.2. The third kappa shape index (κ3) is 5.13. The molecule has 0 aliphatic carbocycles. The van der Waals surface area contributed by atoms with Gasteiger partial charge in [0.15, 0.2) is 0 Å². The topological polar surface area (TPSA) is 128 Å². The van der Waals surface area contributed by atoms with Crippen molar-refractivity contribution in [1.82, 2.24) is 14.5 Å². The first-order valence-corrected chi connectivity index (χ1v) is 13.7. The van der Waals surface area contributed by atoms with E-state index in [1.165, 1.54) is 24.3 Å². The van der Waals surface area contributed by atoms with Gasteiger partial charge in [-0.15, -0.1) is 0 Å². The number of nitrogens with zero attached hydrogens (tertiary/aromatic N) is 2. The highest BCUT2D eigenvalue weighted by Crippen LogP contribution is 2.35. The number of para-hydroxylation sites is 1. The van der Waals surface area contributed by atoms with Gasteiger partial charge in [-0.1, -0.05) is 18.2 Å². The van der Waals surface area contributed by atoms with E-state index in [1.807, 2.05) is 0 Å². The summed E-state index contributed by atoms with van der Waals surface area (Å²) < 4.78 is 47.4. The Hall–Kier alpha value is -3.22. The number of hydrogen-bond donors (Lipinski definition) is 3. The number of sulfonamides is 1. The summed E-state index contributed by atoms with van der Waals surface area (Å²) in [5, 5.41) is 16.0. The van der Waals surface area contributed by atoms with Crippen LogP contribution in [0.1, 0.15) is 25.7 Å². The molecular formula is C25H29FN4O6S. The van der Waals surface area contributed by atoms with Crippen molar-refractivity contribution in [3.05, 3.63) is 54.3 Å². The lowest BCUT2D eigenvalue weighted by molar-refractivity contribution is -0.127. The lowest BCUT2D eigenvalue weighted by Gasteiger charge is -2.43. The van der Waals surface area contributed by atoms with Crippen LogP contribution in [0.25, 0.3) is 0 Å². The van der Waals surface area contributed by atoms with Crippen molar-refractivity contribution in [3.8, 4) is 5.75 Å². The van der Waals surface area contributed by atoms with Crippen LogP contribution in [0.2, 0.25) is 0 Å². The zero-order valence-electron chi connectivity index (χ0n) is 20.1. The summed E-state index contributed by atoms with van der Waals surface area (Å²) in [6.45, 7) is 0.631. The zero-order valence-corrected chi connectivity index (χ0v) is 20.9. The molecule has 0 unspecified atom stereocenters. The number of amides is 3. The molecule has 3 aliphatic heterocycles. The van der Waals surface area contributed by atoms with Crippen molar-refractivity contribution in [2.24, 2.45) is 0 Å². The number of rotatable bonds is 1. The van der Waals surface area contributed by atoms with Crippen molar-refractivity contribution in [2.75, 3.05) is 31.6 Å². The number of aliphatic hydroxyl groups is 1. The minimum absolute atomic E-state index is 0.00761. The van der Waals surface area contributed by atoms with Crippen molar-refractivity contribution in [2.45, 2.75) is 48.3 Å². The number of nitrogens with one attached hydrogen (secondary N) is 2. The monoisotopic (exact) mass is 532 g/mol. The van der Waals surface area contributed by atoms with Crippen LogP contribution in [0.3, 0.4) is 0 Å². The SMILES string of the molecule is O=C1NC2(CCOc3ccccc3S(=O)(=O)N3C[C@H](O)C[C@@H]13)CCN(C(=O)Nc1cccc(F)c1)CC2. The molecule has 5 rings (SSSR count). The van der Waals surface area contributed by atoms with E-state index in [9.17, 15) is 27.5 Å². The van der Waals surface area contributed by atoms with Crippen LogP contribution < -0.4 is 15.4 Å². The van der Waals surface area contributed by atoms with Gasteiger partial charge in [-0.25, -0.2) is 17.6 Å². The van der Waals surface area contributed by atoms with Gasteiger partial charge in [-0.2, -0.15) is 4.31 Å². The maximum absolute atomic E-state index is 13.5. The van der Waals surface area contributed by atoms with Gasteiger partial charge in [0.1, 0.15) is 22.5 Å². The number of halogens is 1. The summed E-state index contributed by atoms with van der Waals surface area (Å²) in [6, 6.07) is 10.5. The van der Waals surface area contributed by atoms with E-state index in [4.69, 9.17) is 4.74 Å². The second-order valence-corrected chi connectivity index (χ2v) is 11.6. The Kier molecular flexibility index (Phi) is 6.82. The number of hydrogen-bond acceptors (Lipinski definition) is 6. The van der Waals surface area contributed by atoms with Crippen LogP contribution in [0, 0.1) is 5.82 Å². The minimum atomic E-state index is -4.10. The maximum atomic E-state index is 13.5. The Morgan fingerprint density at radius 3 is 2.65 bits per heavy atom. The smallest absolute Gasteiger partial charge is 0.321 e. The Morgan fingerprint density at radius 1 is 1.14 bits per heavy atom. The second-order valence-electron chi connectivity index (χ2n) is 9.72. The molecule has 37 heavy (non-hydrogen) atoms. The fourth-order valence-electron chi connectivity index (χ4n) is 5.24. The van der Waals surface area contributed by atoms with E-state index in [-0.39, 0.29) is 36.2 Å². The van der Waals surface area contributed by atoms with Crippen LogP contribution in [-0.2, 0) is 14.8 Å². The predicted molar refractivity (Wildman–Crippen MR) is 132 cm³/mol. The highest BCUT2D eigenvalue weighted by molar-refractivity contribution is 7.89. The molecule has 12 heteroatoms. The van der Waals surface area contributed by atoms with E-state index >= 15 is 0 Å². The summed E-state index contributed by atoms with van der Waals surface area (Å²) >= 11 is 0. The summed E-state index contributed by atoms with van der Waals surface area (Å²) in [4.78, 5) is 27.7. The number of benzene rings is 2. The lowest BCUT2D eigenvalue weighted by Crippen LogP contribution is -2.60. The Bertz CT molecular complexity index is 1300. The predicted octanol–water partition coefficient (Wildman–Crippen LogP) is 1.92. The zero-order chi connectivity index (χ0) is 26.2. The molecule has 0 bridgehead atoms. The maximum Gasteiger partial charge on any atom is 0.321 e. The van der Waals surface area contributed by atoms with E-state index in [0.717, 1.165) is 4.31 Å². The van der Waals surface area contributed by atoms with Gasteiger partial charge < -0.3 is 25.4 Å². The van der Waals surface area contributed by atoms with E-state index < -0.39 is 39.4 Å². The first-order chi connectivity index (χ1) is 17.7. The lowest BCUT2D eigenvalue weighted by atomic mass is 9.84. The molecule has 198 valence electrons. The number of carbonyl (C=O) groups is 2. The van der Waals surface area contributed by atoms with E-state index in [1.54, 1.807) is 29.2 Å². The van der Waals surface area contributed by atoms with Crippen LogP contribution in [0.5, 0.6) is 5.75 Å². The molecule has 3 heterocycles. The van der Waals surface area contributed by atoms with Crippen molar-refractivity contribution >= 4 is 27.6 Å². The first-order valence-electron chi connectivity index (χ1n) is 12.2. The van der Waals surface area contributed by atoms with Gasteiger partial charge in [0.05, 0.1) is 12.7 Å². The average molecular weight is 533 g/mol. The Labute approximate surface area is 214 Å². The number of anilines is 1. The van der Waals surface area contributed by atoms with Gasteiger partial charge in [0, 0.05) is 43.7 Å². The second kappa shape index (κ2) is 9.92. The molecule has 1 spiro atoms. The van der Waals surface area contributed by atoms with Crippen molar-refractivity contribution in [3.63, 3.8) is 0 Å². The first kappa shape index (κ1) is 25.4. The third-order valence-corrected chi connectivity index (χ3v) is 9.20. The number of piperidine rings is 1. The number of aliphatic hydroxyl groups excluding tert-OH is 1. The van der Waals surface area contributed by atoms with E-state index in [2.05, 4.69) is 10.6 Å². The van der Waals surface area contributed by atoms with Crippen LogP contribution >= 0.6 is 0 Å². The molecule has 2 aromatic rings. The van der Waals surface area contributed by atoms with Crippen LogP contribution in [-0.4, -0.2) is 78.6 Å². The summed E-state index contributed by atoms with van der Waals surface area (Å²) in [6.07, 6.45) is 0.268. The van der Waals surface area contributed by atoms with Gasteiger partial charge >= 0.3 is 6.03 Å². The molecule has 3 amide bonds. The number of ether oxygens (including phenoxy) is 1. The third-order valence-electron chi connectivity index (χ3n) is 7.28. The minimum Gasteiger partial charge on any atom is -0.492 e. The molecule has 3 aliphatic rings. The highest BCUT2D eigenvalue weighted by Gasteiger charge is 2.47. The number of carbonyl (C=O) groups excluding carboxylic acids is 2. The number of urea groups is 1. The molecule has 0 aromatic heterocycles. The molecule has 2 aromatic carbocycles. The molecule has 2 atom stereocenters. The number of fused-ring (bicyclic) bond motifs is 2. The molecule has 0 saturated carbocycles. The molecule has 0 radical (unpaired) electrons. The molecule has 3 N–H and O–H groups in total. The average Bonchev–Trinajstić information content (AvgIpc) is 3.27. The van der Waals surface area contributed by atoms with Crippen LogP contribution in [0.4, 0.5) is 14.9 Å². The standard InChI is InChI=1S/C25H29FN4O6S/c26-17-4-3-5-18(14-17)27-24(33)29-11-8-25(9-12-29)10-13-36-21-6-1-2-7-22(21)37(34,35)30-16-19(31)15-20(30)23(32)28-25/h1-7,14,19-20,31H,8-13,15-16H2,(H,27,33)(H,28,32)/t19-,20+/m1/s1. The van der Waals surface area contributed by atoms with Gasteiger partial charge in [-0.3, -0.25) is 4.79 Å². The molecule has 10 nitrogen and oxygen atoms in total. The van der Waals surface area contributed by atoms with E-state index in [0.29, 0.717) is 38.0 Å². The number of likely N-dealkylation sites (tertiary alicyclic amines) is 1. The molecule has 2 fully saturated rings. The summed E-state index contributed by atoms with van der Waals surface area (Å²) in [5.41, 5.74) is -0.378. The van der Waals surface area contributed by atoms with Gasteiger partial charge in [0.2, 0.25) is 15.9 Å². The summed E-state index contributed by atoms with van der Waals surface area (Å²) in [5.74, 6) is -0.735. The van der Waals surface area contributed by atoms with Crippen molar-refractivity contribution in [1.29, 1.82) is 0 Å². The fraction of sp³-hybridized carbons (Fsp3) is 0.440. The summed E-state index contributed by atoms with van der Waals surface area (Å²) in [7, 11) is -4.10. The quantitative estimate of drug-likeness (QED) is 0.515. The van der Waals surface area contributed by atoms with Crippen molar-refractivity contribution < 1.29 is 32.2 Å². The fourth-order valence-corrected chi connectivity index (χ4v) is 7.01. The molecule has 2 saturated heterocycles. The highest BCUT2D eigenvalue weighted by atomic mass is 32.2. The Morgan fingerprint density at radius 2 is 1.89 bits per heavy atom. The largest absolute Gasteiger partial charge is 0.492 e. The van der Waals surface area contributed by atoms with Gasteiger partial charge in [0.25, 0.3) is 0 Å².